The van der Waals surface area contributed by atoms with E-state index in [-0.39, 0.29) is 5.56 Å². The van der Waals surface area contributed by atoms with Crippen LogP contribution in [0.3, 0.4) is 0 Å². The van der Waals surface area contributed by atoms with Crippen molar-refractivity contribution in [1.82, 2.24) is 10.2 Å². The second-order valence-corrected chi connectivity index (χ2v) is 4.18. The zero-order valence-corrected chi connectivity index (χ0v) is 9.90. The monoisotopic (exact) mass is 250 g/mol. The molecule has 0 aliphatic rings. The predicted molar refractivity (Wildman–Crippen MR) is 63.9 cm³/mol. The second kappa shape index (κ2) is 5.01. The van der Waals surface area contributed by atoms with Crippen LogP contribution in [0.4, 0.5) is 0 Å². The van der Waals surface area contributed by atoms with Crippen LogP contribution in [-0.4, -0.2) is 27.5 Å². The Morgan fingerprint density at radius 3 is 2.65 bits per heavy atom. The van der Waals surface area contributed by atoms with Gasteiger partial charge in [0.2, 0.25) is 11.8 Å². The predicted octanol–water partition coefficient (Wildman–Crippen LogP) is 2.30. The van der Waals surface area contributed by atoms with Gasteiger partial charge in [-0.3, -0.25) is 0 Å². The standard InChI is InChI=1S/C11H10N2O3S/c1-17-6-9-12-13-10(16-9)7-2-4-8(5-3-7)11(14)15/h2-5H,6H2,1H3,(H,14,15). The Morgan fingerprint density at radius 2 is 2.06 bits per heavy atom. The average molecular weight is 250 g/mol. The summed E-state index contributed by atoms with van der Waals surface area (Å²) in [5.74, 6) is 0.686. The minimum Gasteiger partial charge on any atom is -0.478 e. The lowest BCUT2D eigenvalue weighted by molar-refractivity contribution is 0.0697. The Balaban J connectivity index is 2.23. The molecule has 5 nitrogen and oxygen atoms in total. The van der Waals surface area contributed by atoms with E-state index in [2.05, 4.69) is 10.2 Å². The largest absolute Gasteiger partial charge is 0.478 e. The molecule has 1 N–H and O–H groups in total. The molecule has 17 heavy (non-hydrogen) atoms. The summed E-state index contributed by atoms with van der Waals surface area (Å²) in [4.78, 5) is 10.7. The van der Waals surface area contributed by atoms with E-state index in [1.165, 1.54) is 12.1 Å². The van der Waals surface area contributed by atoms with Crippen LogP contribution in [0.25, 0.3) is 11.5 Å². The van der Waals surface area contributed by atoms with Gasteiger partial charge in [0.1, 0.15) is 0 Å². The summed E-state index contributed by atoms with van der Waals surface area (Å²) >= 11 is 1.60. The van der Waals surface area contributed by atoms with Gasteiger partial charge in [-0.1, -0.05) is 0 Å². The Hall–Kier alpha value is -1.82. The SMILES string of the molecule is CSCc1nnc(-c2ccc(C(=O)O)cc2)o1. The van der Waals surface area contributed by atoms with Crippen molar-refractivity contribution in [3.63, 3.8) is 0 Å². The van der Waals surface area contributed by atoms with Crippen LogP contribution >= 0.6 is 11.8 Å². The first-order chi connectivity index (χ1) is 8.20. The lowest BCUT2D eigenvalue weighted by Crippen LogP contribution is -1.94. The smallest absolute Gasteiger partial charge is 0.335 e. The van der Waals surface area contributed by atoms with Crippen LogP contribution in [-0.2, 0) is 5.75 Å². The van der Waals surface area contributed by atoms with Crippen molar-refractivity contribution in [3.8, 4) is 11.5 Å². The van der Waals surface area contributed by atoms with E-state index in [0.717, 1.165) is 5.56 Å². The molecule has 1 heterocycles. The molecule has 0 atom stereocenters. The maximum absolute atomic E-state index is 10.7. The average Bonchev–Trinajstić information content (AvgIpc) is 2.78. The Labute approximate surface area is 102 Å². The zero-order chi connectivity index (χ0) is 12.3. The van der Waals surface area contributed by atoms with Crippen LogP contribution in [0.5, 0.6) is 0 Å². The number of carboxylic acids is 1. The molecule has 88 valence electrons. The number of aromatic carboxylic acids is 1. The Kier molecular flexibility index (Phi) is 3.43. The number of carboxylic acid groups (broad SMARTS) is 1. The molecule has 0 saturated heterocycles. The van der Waals surface area contributed by atoms with Crippen molar-refractivity contribution in [2.45, 2.75) is 5.75 Å². The van der Waals surface area contributed by atoms with Crippen molar-refractivity contribution in [1.29, 1.82) is 0 Å². The molecule has 2 aromatic rings. The minimum atomic E-state index is -0.954. The molecule has 0 radical (unpaired) electrons. The third kappa shape index (κ3) is 2.65. The van der Waals surface area contributed by atoms with E-state index in [9.17, 15) is 4.79 Å². The second-order valence-electron chi connectivity index (χ2n) is 3.32. The topological polar surface area (TPSA) is 76.2 Å². The number of carbonyl (C=O) groups is 1. The Bertz CT molecular complexity index is 522. The van der Waals surface area contributed by atoms with E-state index in [1.807, 2.05) is 6.26 Å². The van der Waals surface area contributed by atoms with Crippen LogP contribution in [0.2, 0.25) is 0 Å². The van der Waals surface area contributed by atoms with E-state index < -0.39 is 5.97 Å². The van der Waals surface area contributed by atoms with Gasteiger partial charge in [-0.25, -0.2) is 4.79 Å². The summed E-state index contributed by atoms with van der Waals surface area (Å²) in [6.07, 6.45) is 1.95. The van der Waals surface area contributed by atoms with Crippen molar-refractivity contribution in [2.24, 2.45) is 0 Å². The molecular weight excluding hydrogens is 240 g/mol. The van der Waals surface area contributed by atoms with Crippen molar-refractivity contribution < 1.29 is 14.3 Å². The zero-order valence-electron chi connectivity index (χ0n) is 9.08. The minimum absolute atomic E-state index is 0.234. The van der Waals surface area contributed by atoms with Crippen molar-refractivity contribution in [2.75, 3.05) is 6.26 Å². The molecule has 0 saturated carbocycles. The van der Waals surface area contributed by atoms with Gasteiger partial charge in [-0.15, -0.1) is 10.2 Å². The summed E-state index contributed by atoms with van der Waals surface area (Å²) in [5.41, 5.74) is 0.951. The molecule has 1 aromatic carbocycles. The molecule has 0 amide bonds. The third-order valence-electron chi connectivity index (χ3n) is 2.11. The van der Waals surface area contributed by atoms with Crippen molar-refractivity contribution in [3.05, 3.63) is 35.7 Å². The van der Waals surface area contributed by atoms with Gasteiger partial charge in [-0.2, -0.15) is 11.8 Å². The van der Waals surface area contributed by atoms with E-state index >= 15 is 0 Å². The fourth-order valence-electron chi connectivity index (χ4n) is 1.31. The van der Waals surface area contributed by atoms with E-state index in [0.29, 0.717) is 17.5 Å². The Morgan fingerprint density at radius 1 is 1.35 bits per heavy atom. The molecular formula is C11H10N2O3S. The van der Waals surface area contributed by atoms with Crippen LogP contribution < -0.4 is 0 Å². The van der Waals surface area contributed by atoms with Gasteiger partial charge >= 0.3 is 5.97 Å². The first kappa shape index (κ1) is 11.7. The van der Waals surface area contributed by atoms with Crippen LogP contribution in [0.1, 0.15) is 16.2 Å². The maximum Gasteiger partial charge on any atom is 0.335 e. The van der Waals surface area contributed by atoms with Gasteiger partial charge in [0.15, 0.2) is 0 Å². The summed E-state index contributed by atoms with van der Waals surface area (Å²) in [6, 6.07) is 6.33. The van der Waals surface area contributed by atoms with Gasteiger partial charge in [0.05, 0.1) is 11.3 Å². The summed E-state index contributed by atoms with van der Waals surface area (Å²) in [7, 11) is 0. The molecule has 0 fully saturated rings. The maximum atomic E-state index is 10.7. The molecule has 0 aliphatic carbocycles. The van der Waals surface area contributed by atoms with Gasteiger partial charge in [-0.05, 0) is 30.5 Å². The molecule has 1 aromatic heterocycles. The lowest BCUT2D eigenvalue weighted by atomic mass is 10.1. The highest BCUT2D eigenvalue weighted by Crippen LogP contribution is 2.19. The molecule has 0 unspecified atom stereocenters. The lowest BCUT2D eigenvalue weighted by Gasteiger charge is -1.96. The quantitative estimate of drug-likeness (QED) is 0.897. The number of hydrogen-bond acceptors (Lipinski definition) is 5. The molecule has 0 spiro atoms. The van der Waals surface area contributed by atoms with Crippen LogP contribution in [0, 0.1) is 0 Å². The number of nitrogens with zero attached hydrogens (tertiary/aromatic N) is 2. The van der Waals surface area contributed by atoms with Crippen LogP contribution in [0.15, 0.2) is 28.7 Å². The van der Waals surface area contributed by atoms with E-state index in [1.54, 1.807) is 23.9 Å². The number of thioether (sulfide) groups is 1. The van der Waals surface area contributed by atoms with Crippen molar-refractivity contribution >= 4 is 17.7 Å². The summed E-state index contributed by atoms with van der Waals surface area (Å²) < 4.78 is 5.42. The third-order valence-corrected chi connectivity index (χ3v) is 2.65. The van der Waals surface area contributed by atoms with Gasteiger partial charge < -0.3 is 9.52 Å². The summed E-state index contributed by atoms with van der Waals surface area (Å²) in [6.45, 7) is 0. The summed E-state index contributed by atoms with van der Waals surface area (Å²) in [5, 5.41) is 16.6. The first-order valence-corrected chi connectivity index (χ1v) is 6.25. The van der Waals surface area contributed by atoms with Gasteiger partial charge in [0, 0.05) is 5.56 Å². The van der Waals surface area contributed by atoms with E-state index in [4.69, 9.17) is 9.52 Å². The van der Waals surface area contributed by atoms with Gasteiger partial charge in [0.25, 0.3) is 0 Å². The normalized spacial score (nSPS) is 10.4. The first-order valence-electron chi connectivity index (χ1n) is 4.86. The molecule has 0 aliphatic heterocycles. The number of benzene rings is 1. The fourth-order valence-corrected chi connectivity index (χ4v) is 1.67. The molecule has 0 bridgehead atoms. The highest BCUT2D eigenvalue weighted by atomic mass is 32.2. The molecule has 6 heteroatoms. The highest BCUT2D eigenvalue weighted by molar-refractivity contribution is 7.97. The fraction of sp³-hybridized carbons (Fsp3) is 0.182. The number of aromatic nitrogens is 2. The number of hydrogen-bond donors (Lipinski definition) is 1. The molecule has 2 rings (SSSR count). The number of rotatable bonds is 4. The highest BCUT2D eigenvalue weighted by Gasteiger charge is 2.09.